The van der Waals surface area contributed by atoms with Crippen LogP contribution < -0.4 is 19.5 Å². The Kier molecular flexibility index (Phi) is 9.21. The van der Waals surface area contributed by atoms with Crippen molar-refractivity contribution in [1.82, 2.24) is 14.8 Å². The van der Waals surface area contributed by atoms with Crippen molar-refractivity contribution in [3.8, 4) is 17.2 Å². The molecule has 34 heavy (non-hydrogen) atoms. The van der Waals surface area contributed by atoms with Crippen LogP contribution in [0, 0.1) is 5.92 Å². The van der Waals surface area contributed by atoms with Crippen molar-refractivity contribution in [3.05, 3.63) is 54.4 Å². The molecule has 0 saturated carbocycles. The van der Waals surface area contributed by atoms with Crippen molar-refractivity contribution in [1.29, 1.82) is 0 Å². The molecule has 0 aliphatic rings. The summed E-state index contributed by atoms with van der Waals surface area (Å²) in [5.41, 5.74) is 0.604. The molecule has 1 amide bonds. The SMILES string of the molecule is COc1cc(NC(=O)C(C)Sc2nnc(COc3ccccc3)n2CCC(C)C)cc(OC)c1. The third-order valence-corrected chi connectivity index (χ3v) is 6.19. The lowest BCUT2D eigenvalue weighted by Crippen LogP contribution is -2.23. The summed E-state index contributed by atoms with van der Waals surface area (Å²) in [6.45, 7) is 7.26. The van der Waals surface area contributed by atoms with E-state index >= 15 is 0 Å². The Balaban J connectivity index is 1.71. The lowest BCUT2D eigenvalue weighted by atomic mass is 10.1. The summed E-state index contributed by atoms with van der Waals surface area (Å²) in [6, 6.07) is 14.9. The molecule has 1 unspecified atom stereocenters. The quantitative estimate of drug-likeness (QED) is 0.360. The molecule has 8 nitrogen and oxygen atoms in total. The van der Waals surface area contributed by atoms with Crippen LogP contribution in [-0.2, 0) is 17.9 Å². The summed E-state index contributed by atoms with van der Waals surface area (Å²) in [6.07, 6.45) is 0.966. The maximum absolute atomic E-state index is 12.9. The minimum absolute atomic E-state index is 0.152. The molecule has 9 heteroatoms. The normalized spacial score (nSPS) is 11.8. The number of carbonyl (C=O) groups is 1. The van der Waals surface area contributed by atoms with E-state index in [0.29, 0.717) is 34.9 Å². The number of hydrogen-bond donors (Lipinski definition) is 1. The van der Waals surface area contributed by atoms with Gasteiger partial charge in [0.1, 0.15) is 23.9 Å². The van der Waals surface area contributed by atoms with Crippen LogP contribution in [0.2, 0.25) is 0 Å². The van der Waals surface area contributed by atoms with Crippen LogP contribution in [0.15, 0.2) is 53.7 Å². The molecule has 0 radical (unpaired) electrons. The molecule has 0 saturated heterocycles. The van der Waals surface area contributed by atoms with Crippen molar-refractivity contribution in [2.75, 3.05) is 19.5 Å². The fourth-order valence-corrected chi connectivity index (χ4v) is 4.02. The highest BCUT2D eigenvalue weighted by Gasteiger charge is 2.21. The van der Waals surface area contributed by atoms with Crippen LogP contribution in [0.1, 0.15) is 33.0 Å². The van der Waals surface area contributed by atoms with E-state index in [1.807, 2.05) is 41.8 Å². The van der Waals surface area contributed by atoms with Gasteiger partial charge in [-0.25, -0.2) is 0 Å². The maximum Gasteiger partial charge on any atom is 0.237 e. The van der Waals surface area contributed by atoms with E-state index in [-0.39, 0.29) is 5.91 Å². The number of nitrogens with one attached hydrogen (secondary N) is 1. The standard InChI is InChI=1S/C25H32N4O4S/c1-17(2)11-12-29-23(16-33-20-9-7-6-8-10-20)27-28-25(29)34-18(3)24(30)26-19-13-21(31-4)15-22(14-19)32-5/h6-10,13-15,17-18H,11-12,16H2,1-5H3,(H,26,30). The number of anilines is 1. The van der Waals surface area contributed by atoms with Crippen molar-refractivity contribution in [2.45, 2.75) is 50.8 Å². The highest BCUT2D eigenvalue weighted by molar-refractivity contribution is 8.00. The highest BCUT2D eigenvalue weighted by Crippen LogP contribution is 2.28. The molecule has 0 aliphatic carbocycles. The van der Waals surface area contributed by atoms with E-state index < -0.39 is 5.25 Å². The molecule has 1 heterocycles. The fourth-order valence-electron chi connectivity index (χ4n) is 3.12. The first-order valence-electron chi connectivity index (χ1n) is 11.2. The first kappa shape index (κ1) is 25.4. The molecule has 1 aromatic heterocycles. The summed E-state index contributed by atoms with van der Waals surface area (Å²) in [5.74, 6) is 3.08. The zero-order chi connectivity index (χ0) is 24.5. The van der Waals surface area contributed by atoms with Gasteiger partial charge in [0, 0.05) is 30.4 Å². The summed E-state index contributed by atoms with van der Waals surface area (Å²) >= 11 is 1.37. The second kappa shape index (κ2) is 12.3. The Hall–Kier alpha value is -3.20. The second-order valence-electron chi connectivity index (χ2n) is 8.19. The Bertz CT molecular complexity index is 1050. The number of amides is 1. The predicted octanol–water partition coefficient (Wildman–Crippen LogP) is 5.04. The summed E-state index contributed by atoms with van der Waals surface area (Å²) in [5, 5.41) is 11.9. The van der Waals surface area contributed by atoms with Gasteiger partial charge in [-0.15, -0.1) is 10.2 Å². The maximum atomic E-state index is 12.9. The van der Waals surface area contributed by atoms with Crippen LogP contribution in [0.3, 0.4) is 0 Å². The van der Waals surface area contributed by atoms with Gasteiger partial charge in [-0.3, -0.25) is 4.79 Å². The van der Waals surface area contributed by atoms with Gasteiger partial charge in [0.05, 0.1) is 19.5 Å². The Morgan fingerprint density at radius 1 is 1.00 bits per heavy atom. The van der Waals surface area contributed by atoms with E-state index in [1.54, 1.807) is 32.4 Å². The molecule has 0 bridgehead atoms. The predicted molar refractivity (Wildman–Crippen MR) is 134 cm³/mol. The van der Waals surface area contributed by atoms with Gasteiger partial charge in [0.15, 0.2) is 11.0 Å². The fraction of sp³-hybridized carbons (Fsp3) is 0.400. The van der Waals surface area contributed by atoms with Crippen LogP contribution >= 0.6 is 11.8 Å². The molecular formula is C25H32N4O4S. The molecule has 182 valence electrons. The molecule has 1 N–H and O–H groups in total. The number of carbonyl (C=O) groups excluding carboxylic acids is 1. The lowest BCUT2D eigenvalue weighted by Gasteiger charge is -2.15. The number of ether oxygens (including phenoxy) is 3. The Labute approximate surface area is 205 Å². The third-order valence-electron chi connectivity index (χ3n) is 5.11. The minimum Gasteiger partial charge on any atom is -0.497 e. The van der Waals surface area contributed by atoms with Gasteiger partial charge in [0.2, 0.25) is 5.91 Å². The van der Waals surface area contributed by atoms with Gasteiger partial charge >= 0.3 is 0 Å². The number of thioether (sulfide) groups is 1. The van der Waals surface area contributed by atoms with Crippen LogP contribution in [0.25, 0.3) is 0 Å². The number of methoxy groups -OCH3 is 2. The highest BCUT2D eigenvalue weighted by atomic mass is 32.2. The molecule has 0 aliphatic heterocycles. The van der Waals surface area contributed by atoms with Gasteiger partial charge in [-0.05, 0) is 31.4 Å². The van der Waals surface area contributed by atoms with Gasteiger partial charge in [-0.1, -0.05) is 43.8 Å². The van der Waals surface area contributed by atoms with Gasteiger partial charge in [0.25, 0.3) is 0 Å². The molecule has 1 atom stereocenters. The summed E-state index contributed by atoms with van der Waals surface area (Å²) < 4.78 is 18.5. The second-order valence-corrected chi connectivity index (χ2v) is 9.49. The Morgan fingerprint density at radius 2 is 1.68 bits per heavy atom. The van der Waals surface area contributed by atoms with Gasteiger partial charge < -0.3 is 24.1 Å². The average Bonchev–Trinajstić information content (AvgIpc) is 3.22. The van der Waals surface area contributed by atoms with Crippen molar-refractivity contribution >= 4 is 23.4 Å². The van der Waals surface area contributed by atoms with Crippen molar-refractivity contribution < 1.29 is 19.0 Å². The number of rotatable bonds is 12. The topological polar surface area (TPSA) is 87.5 Å². The number of benzene rings is 2. The summed E-state index contributed by atoms with van der Waals surface area (Å²) in [7, 11) is 3.14. The average molecular weight is 485 g/mol. The number of nitrogens with zero attached hydrogens (tertiary/aromatic N) is 3. The first-order chi connectivity index (χ1) is 16.4. The molecule has 3 aromatic rings. The van der Waals surface area contributed by atoms with Crippen LogP contribution in [0.4, 0.5) is 5.69 Å². The molecule has 0 fully saturated rings. The van der Waals surface area contributed by atoms with Gasteiger partial charge in [-0.2, -0.15) is 0 Å². The van der Waals surface area contributed by atoms with Crippen LogP contribution in [-0.4, -0.2) is 40.1 Å². The van der Waals surface area contributed by atoms with Crippen LogP contribution in [0.5, 0.6) is 17.2 Å². The van der Waals surface area contributed by atoms with E-state index in [0.717, 1.165) is 24.5 Å². The number of hydrogen-bond acceptors (Lipinski definition) is 7. The van der Waals surface area contributed by atoms with E-state index in [2.05, 4.69) is 29.4 Å². The number of aromatic nitrogens is 3. The zero-order valence-electron chi connectivity index (χ0n) is 20.3. The van der Waals surface area contributed by atoms with Crippen molar-refractivity contribution in [3.63, 3.8) is 0 Å². The molecule has 3 rings (SSSR count). The van der Waals surface area contributed by atoms with E-state index in [9.17, 15) is 4.79 Å². The lowest BCUT2D eigenvalue weighted by molar-refractivity contribution is -0.115. The first-order valence-corrected chi connectivity index (χ1v) is 12.1. The summed E-state index contributed by atoms with van der Waals surface area (Å²) in [4.78, 5) is 12.9. The number of para-hydroxylation sites is 1. The molecule has 0 spiro atoms. The monoisotopic (exact) mass is 484 g/mol. The smallest absolute Gasteiger partial charge is 0.237 e. The largest absolute Gasteiger partial charge is 0.497 e. The third kappa shape index (κ3) is 7.15. The zero-order valence-corrected chi connectivity index (χ0v) is 21.1. The Morgan fingerprint density at radius 3 is 2.29 bits per heavy atom. The van der Waals surface area contributed by atoms with Crippen molar-refractivity contribution in [2.24, 2.45) is 5.92 Å². The van der Waals surface area contributed by atoms with E-state index in [4.69, 9.17) is 14.2 Å². The molecular weight excluding hydrogens is 452 g/mol. The molecule has 2 aromatic carbocycles. The van der Waals surface area contributed by atoms with E-state index in [1.165, 1.54) is 11.8 Å². The minimum atomic E-state index is -0.401.